The standard InChI is InChI=1S/C16H25FN2/c1-3-13-7-9-19(10-8-13)16(12(2)18)14-5-4-6-15(17)11-14/h4-6,11-13,16H,3,7-10,18H2,1-2H3. The number of likely N-dealkylation sites (tertiary alicyclic amines) is 1. The fourth-order valence-corrected chi connectivity index (χ4v) is 3.18. The summed E-state index contributed by atoms with van der Waals surface area (Å²) in [4.78, 5) is 2.42. The molecule has 1 heterocycles. The van der Waals surface area contributed by atoms with Gasteiger partial charge in [-0.2, -0.15) is 0 Å². The zero-order valence-electron chi connectivity index (χ0n) is 12.0. The van der Waals surface area contributed by atoms with Crippen LogP contribution in [-0.4, -0.2) is 24.0 Å². The van der Waals surface area contributed by atoms with Crippen molar-refractivity contribution in [3.63, 3.8) is 0 Å². The number of nitrogens with two attached hydrogens (primary N) is 1. The Morgan fingerprint density at radius 3 is 2.58 bits per heavy atom. The molecule has 2 N–H and O–H groups in total. The van der Waals surface area contributed by atoms with Crippen LogP contribution in [0.1, 0.15) is 44.7 Å². The molecular formula is C16H25FN2. The van der Waals surface area contributed by atoms with Gasteiger partial charge in [0, 0.05) is 12.1 Å². The van der Waals surface area contributed by atoms with E-state index in [1.54, 1.807) is 12.1 Å². The molecule has 0 amide bonds. The second-order valence-corrected chi connectivity index (χ2v) is 5.75. The average molecular weight is 264 g/mol. The van der Waals surface area contributed by atoms with Gasteiger partial charge < -0.3 is 5.73 Å². The van der Waals surface area contributed by atoms with Crippen molar-refractivity contribution in [1.29, 1.82) is 0 Å². The fraction of sp³-hybridized carbons (Fsp3) is 0.625. The first-order valence-corrected chi connectivity index (χ1v) is 7.37. The monoisotopic (exact) mass is 264 g/mol. The lowest BCUT2D eigenvalue weighted by Gasteiger charge is -2.39. The zero-order chi connectivity index (χ0) is 13.8. The van der Waals surface area contributed by atoms with Crippen molar-refractivity contribution in [2.75, 3.05) is 13.1 Å². The molecule has 1 saturated heterocycles. The summed E-state index contributed by atoms with van der Waals surface area (Å²) in [5.74, 6) is 0.670. The van der Waals surface area contributed by atoms with E-state index in [0.717, 1.165) is 24.6 Å². The lowest BCUT2D eigenvalue weighted by molar-refractivity contribution is 0.117. The number of hydrogen-bond donors (Lipinski definition) is 1. The number of hydrogen-bond acceptors (Lipinski definition) is 2. The molecule has 0 aliphatic carbocycles. The Bertz CT molecular complexity index is 397. The first-order chi connectivity index (χ1) is 9.11. The van der Waals surface area contributed by atoms with E-state index in [1.807, 2.05) is 13.0 Å². The summed E-state index contributed by atoms with van der Waals surface area (Å²) < 4.78 is 13.4. The van der Waals surface area contributed by atoms with Crippen molar-refractivity contribution in [2.24, 2.45) is 11.7 Å². The van der Waals surface area contributed by atoms with Crippen molar-refractivity contribution >= 4 is 0 Å². The van der Waals surface area contributed by atoms with Gasteiger partial charge in [-0.05, 0) is 56.5 Å². The van der Waals surface area contributed by atoms with Crippen LogP contribution in [0.4, 0.5) is 4.39 Å². The minimum Gasteiger partial charge on any atom is -0.326 e. The summed E-state index contributed by atoms with van der Waals surface area (Å²) >= 11 is 0. The van der Waals surface area contributed by atoms with Gasteiger partial charge >= 0.3 is 0 Å². The van der Waals surface area contributed by atoms with E-state index in [2.05, 4.69) is 11.8 Å². The molecule has 0 saturated carbocycles. The van der Waals surface area contributed by atoms with E-state index >= 15 is 0 Å². The van der Waals surface area contributed by atoms with Crippen LogP contribution < -0.4 is 5.73 Å². The van der Waals surface area contributed by atoms with Gasteiger partial charge in [-0.15, -0.1) is 0 Å². The molecule has 1 fully saturated rings. The Kier molecular flexibility index (Phi) is 4.94. The van der Waals surface area contributed by atoms with Crippen molar-refractivity contribution in [3.05, 3.63) is 35.6 Å². The van der Waals surface area contributed by atoms with Crippen molar-refractivity contribution in [1.82, 2.24) is 4.90 Å². The molecule has 2 unspecified atom stereocenters. The Labute approximate surface area is 115 Å². The third-order valence-electron chi connectivity index (χ3n) is 4.31. The highest BCUT2D eigenvalue weighted by Crippen LogP contribution is 2.30. The maximum absolute atomic E-state index is 13.4. The van der Waals surface area contributed by atoms with E-state index in [0.29, 0.717) is 0 Å². The molecule has 1 aliphatic rings. The van der Waals surface area contributed by atoms with E-state index in [-0.39, 0.29) is 17.9 Å². The highest BCUT2D eigenvalue weighted by molar-refractivity contribution is 5.22. The number of benzene rings is 1. The maximum atomic E-state index is 13.4. The summed E-state index contributed by atoms with van der Waals surface area (Å²) in [6, 6.07) is 7.03. The Morgan fingerprint density at radius 1 is 1.37 bits per heavy atom. The summed E-state index contributed by atoms with van der Waals surface area (Å²) in [7, 11) is 0. The number of halogens is 1. The summed E-state index contributed by atoms with van der Waals surface area (Å²) in [6.45, 7) is 6.42. The molecule has 2 atom stereocenters. The SMILES string of the molecule is CCC1CCN(C(c2cccc(F)c2)C(C)N)CC1. The molecule has 106 valence electrons. The molecule has 0 aromatic heterocycles. The quantitative estimate of drug-likeness (QED) is 0.903. The van der Waals surface area contributed by atoms with Gasteiger partial charge in [0.1, 0.15) is 5.82 Å². The zero-order valence-corrected chi connectivity index (χ0v) is 12.0. The average Bonchev–Trinajstić information content (AvgIpc) is 2.39. The molecule has 0 radical (unpaired) electrons. The fourth-order valence-electron chi connectivity index (χ4n) is 3.18. The van der Waals surface area contributed by atoms with E-state index in [4.69, 9.17) is 5.73 Å². The van der Waals surface area contributed by atoms with Crippen LogP contribution in [0, 0.1) is 11.7 Å². The predicted octanol–water partition coefficient (Wildman–Crippen LogP) is 3.34. The highest BCUT2D eigenvalue weighted by Gasteiger charge is 2.28. The molecule has 19 heavy (non-hydrogen) atoms. The van der Waals surface area contributed by atoms with Gasteiger partial charge in [-0.3, -0.25) is 4.90 Å². The normalized spacial score (nSPS) is 21.3. The largest absolute Gasteiger partial charge is 0.326 e. The van der Waals surface area contributed by atoms with Crippen molar-refractivity contribution < 1.29 is 4.39 Å². The molecule has 2 nitrogen and oxygen atoms in total. The first kappa shape index (κ1) is 14.5. The molecular weight excluding hydrogens is 239 g/mol. The summed E-state index contributed by atoms with van der Waals surface area (Å²) in [5, 5.41) is 0. The number of rotatable bonds is 4. The van der Waals surface area contributed by atoms with Gasteiger partial charge in [-0.25, -0.2) is 4.39 Å². The Hall–Kier alpha value is -0.930. The second-order valence-electron chi connectivity index (χ2n) is 5.75. The van der Waals surface area contributed by atoms with Gasteiger partial charge in [0.25, 0.3) is 0 Å². The van der Waals surface area contributed by atoms with Crippen molar-refractivity contribution in [3.8, 4) is 0 Å². The smallest absolute Gasteiger partial charge is 0.123 e. The van der Waals surface area contributed by atoms with Crippen LogP contribution in [0.3, 0.4) is 0 Å². The minimum absolute atomic E-state index is 0.0139. The van der Waals surface area contributed by atoms with Gasteiger partial charge in [0.2, 0.25) is 0 Å². The lowest BCUT2D eigenvalue weighted by atomic mass is 9.90. The Morgan fingerprint density at radius 2 is 2.05 bits per heavy atom. The molecule has 1 aliphatic heterocycles. The summed E-state index contributed by atoms with van der Waals surface area (Å²) in [5.41, 5.74) is 7.16. The summed E-state index contributed by atoms with van der Waals surface area (Å²) in [6.07, 6.45) is 3.72. The predicted molar refractivity (Wildman–Crippen MR) is 77.4 cm³/mol. The van der Waals surface area contributed by atoms with Gasteiger partial charge in [-0.1, -0.05) is 25.5 Å². The second kappa shape index (κ2) is 6.49. The topological polar surface area (TPSA) is 29.3 Å². The number of nitrogens with zero attached hydrogens (tertiary/aromatic N) is 1. The maximum Gasteiger partial charge on any atom is 0.123 e. The molecule has 2 rings (SSSR count). The highest BCUT2D eigenvalue weighted by atomic mass is 19.1. The van der Waals surface area contributed by atoms with Crippen LogP contribution in [0.15, 0.2) is 24.3 Å². The molecule has 1 aromatic rings. The first-order valence-electron chi connectivity index (χ1n) is 7.37. The van der Waals surface area contributed by atoms with Crippen LogP contribution in [-0.2, 0) is 0 Å². The molecule has 3 heteroatoms. The minimum atomic E-state index is -0.174. The number of piperidine rings is 1. The third-order valence-corrected chi connectivity index (χ3v) is 4.31. The van der Waals surface area contributed by atoms with Gasteiger partial charge in [0.05, 0.1) is 0 Å². The molecule has 0 bridgehead atoms. The van der Waals surface area contributed by atoms with Gasteiger partial charge in [0.15, 0.2) is 0 Å². The lowest BCUT2D eigenvalue weighted by Crippen LogP contribution is -2.43. The Balaban J connectivity index is 2.13. The van der Waals surface area contributed by atoms with E-state index in [9.17, 15) is 4.39 Å². The van der Waals surface area contributed by atoms with E-state index in [1.165, 1.54) is 25.3 Å². The van der Waals surface area contributed by atoms with Crippen LogP contribution in [0.25, 0.3) is 0 Å². The molecule has 1 aromatic carbocycles. The van der Waals surface area contributed by atoms with Crippen LogP contribution in [0.5, 0.6) is 0 Å². The van der Waals surface area contributed by atoms with Crippen LogP contribution >= 0.6 is 0 Å². The van der Waals surface area contributed by atoms with Crippen LogP contribution in [0.2, 0.25) is 0 Å². The molecule has 0 spiro atoms. The van der Waals surface area contributed by atoms with E-state index < -0.39 is 0 Å². The third kappa shape index (κ3) is 3.54. The van der Waals surface area contributed by atoms with Crippen molar-refractivity contribution in [2.45, 2.75) is 45.2 Å².